The number of nitrogens with one attached hydrogen (secondary N) is 1. The van der Waals surface area contributed by atoms with Crippen LogP contribution >= 0.6 is 35.6 Å². The van der Waals surface area contributed by atoms with E-state index in [1.54, 1.807) is 12.1 Å². The van der Waals surface area contributed by atoms with E-state index in [2.05, 4.69) is 5.32 Å². The molecule has 0 radical (unpaired) electrons. The third-order valence-corrected chi connectivity index (χ3v) is 3.97. The van der Waals surface area contributed by atoms with Crippen LogP contribution in [0.4, 0.5) is 0 Å². The largest absolute Gasteiger partial charge is 0.375 e. The zero-order chi connectivity index (χ0) is 15.8. The Balaban J connectivity index is 0.00000441. The normalized spacial score (nSPS) is 13.1. The summed E-state index contributed by atoms with van der Waals surface area (Å²) in [5, 5.41) is 3.93. The first-order valence-electron chi connectivity index (χ1n) is 7.00. The molecule has 2 unspecified atom stereocenters. The van der Waals surface area contributed by atoms with Gasteiger partial charge in [0.05, 0.1) is 19.3 Å². The standard InChI is InChI=1S/C15H22Cl2N2O2.ClH/c1-3-10(2)14(18)15(20)19-6-7-21-9-11-4-5-12(16)8-13(11)17;/h4-5,8,10,14H,3,6-7,9,18H2,1-2H3,(H,19,20);1H. The van der Waals surface area contributed by atoms with Gasteiger partial charge in [-0.05, 0) is 23.6 Å². The SMILES string of the molecule is CCC(C)C(N)C(=O)NCCOCc1ccc(Cl)cc1Cl.Cl. The number of carbonyl (C=O) groups excluding carboxylic acids is 1. The third kappa shape index (κ3) is 7.16. The van der Waals surface area contributed by atoms with Crippen LogP contribution in [0.1, 0.15) is 25.8 Å². The lowest BCUT2D eigenvalue weighted by Gasteiger charge is -2.17. The summed E-state index contributed by atoms with van der Waals surface area (Å²) < 4.78 is 5.47. The van der Waals surface area contributed by atoms with Crippen molar-refractivity contribution in [2.24, 2.45) is 11.7 Å². The number of hydrogen-bond acceptors (Lipinski definition) is 3. The van der Waals surface area contributed by atoms with Gasteiger partial charge in [0.1, 0.15) is 0 Å². The summed E-state index contributed by atoms with van der Waals surface area (Å²) in [5.74, 6) is 0.0243. The Morgan fingerprint density at radius 1 is 1.41 bits per heavy atom. The highest BCUT2D eigenvalue weighted by molar-refractivity contribution is 6.35. The van der Waals surface area contributed by atoms with Crippen LogP contribution in [0.2, 0.25) is 10.0 Å². The van der Waals surface area contributed by atoms with Crippen molar-refractivity contribution in [3.05, 3.63) is 33.8 Å². The lowest BCUT2D eigenvalue weighted by atomic mass is 9.99. The van der Waals surface area contributed by atoms with Crippen molar-refractivity contribution < 1.29 is 9.53 Å². The van der Waals surface area contributed by atoms with E-state index < -0.39 is 6.04 Å². The van der Waals surface area contributed by atoms with Gasteiger partial charge in [-0.2, -0.15) is 0 Å². The molecule has 3 N–H and O–H groups in total. The maximum absolute atomic E-state index is 11.7. The van der Waals surface area contributed by atoms with Gasteiger partial charge in [-0.1, -0.05) is 49.5 Å². The molecule has 7 heteroatoms. The first kappa shape index (κ1) is 21.5. The summed E-state index contributed by atoms with van der Waals surface area (Å²) >= 11 is 11.9. The Morgan fingerprint density at radius 3 is 2.68 bits per heavy atom. The summed E-state index contributed by atoms with van der Waals surface area (Å²) in [7, 11) is 0. The molecule has 0 aliphatic heterocycles. The van der Waals surface area contributed by atoms with E-state index in [1.165, 1.54) is 0 Å². The summed E-state index contributed by atoms with van der Waals surface area (Å²) in [6.45, 7) is 5.18. The van der Waals surface area contributed by atoms with E-state index >= 15 is 0 Å². The highest BCUT2D eigenvalue weighted by Gasteiger charge is 2.18. The number of benzene rings is 1. The maximum atomic E-state index is 11.7. The van der Waals surface area contributed by atoms with Gasteiger partial charge in [0.2, 0.25) is 5.91 Å². The van der Waals surface area contributed by atoms with Crippen molar-refractivity contribution in [3.63, 3.8) is 0 Å². The molecule has 0 heterocycles. The molecule has 126 valence electrons. The molecule has 1 amide bonds. The van der Waals surface area contributed by atoms with Crippen molar-refractivity contribution >= 4 is 41.5 Å². The molecule has 1 rings (SSSR count). The average molecular weight is 370 g/mol. The topological polar surface area (TPSA) is 64.4 Å². The molecule has 0 aliphatic rings. The third-order valence-electron chi connectivity index (χ3n) is 3.38. The van der Waals surface area contributed by atoms with Gasteiger partial charge in [-0.3, -0.25) is 4.79 Å². The van der Waals surface area contributed by atoms with Crippen LogP contribution in [-0.2, 0) is 16.1 Å². The Hall–Kier alpha value is -0.520. The molecule has 0 bridgehead atoms. The molecule has 4 nitrogen and oxygen atoms in total. The zero-order valence-electron chi connectivity index (χ0n) is 12.8. The van der Waals surface area contributed by atoms with E-state index in [0.717, 1.165) is 12.0 Å². The Labute approximate surface area is 148 Å². The molecule has 0 fully saturated rings. The lowest BCUT2D eigenvalue weighted by Crippen LogP contribution is -2.45. The summed E-state index contributed by atoms with van der Waals surface area (Å²) in [5.41, 5.74) is 6.69. The monoisotopic (exact) mass is 368 g/mol. The summed E-state index contributed by atoms with van der Waals surface area (Å²) in [4.78, 5) is 11.7. The molecular formula is C15H23Cl3N2O2. The molecule has 0 aliphatic carbocycles. The van der Waals surface area contributed by atoms with Gasteiger partial charge in [-0.25, -0.2) is 0 Å². The first-order chi connectivity index (χ1) is 9.95. The van der Waals surface area contributed by atoms with Crippen LogP contribution in [0.5, 0.6) is 0 Å². The van der Waals surface area contributed by atoms with E-state index in [4.69, 9.17) is 33.7 Å². The van der Waals surface area contributed by atoms with E-state index in [9.17, 15) is 4.79 Å². The number of ether oxygens (including phenoxy) is 1. The van der Waals surface area contributed by atoms with Crippen LogP contribution in [0, 0.1) is 5.92 Å². The van der Waals surface area contributed by atoms with Gasteiger partial charge in [0, 0.05) is 16.6 Å². The second-order valence-corrected chi connectivity index (χ2v) is 5.83. The predicted molar refractivity (Wildman–Crippen MR) is 93.8 cm³/mol. The second kappa shape index (κ2) is 11.1. The van der Waals surface area contributed by atoms with Crippen LogP contribution < -0.4 is 11.1 Å². The highest BCUT2D eigenvalue weighted by atomic mass is 35.5. The fraction of sp³-hybridized carbons (Fsp3) is 0.533. The van der Waals surface area contributed by atoms with Crippen molar-refractivity contribution in [1.82, 2.24) is 5.32 Å². The van der Waals surface area contributed by atoms with Gasteiger partial charge >= 0.3 is 0 Å². The van der Waals surface area contributed by atoms with Crippen molar-refractivity contribution in [3.8, 4) is 0 Å². The number of carbonyl (C=O) groups is 1. The minimum atomic E-state index is -0.472. The average Bonchev–Trinajstić information content (AvgIpc) is 2.47. The Morgan fingerprint density at radius 2 is 2.09 bits per heavy atom. The molecule has 1 aromatic rings. The van der Waals surface area contributed by atoms with Crippen molar-refractivity contribution in [1.29, 1.82) is 0 Å². The van der Waals surface area contributed by atoms with Crippen LogP contribution in [0.25, 0.3) is 0 Å². The zero-order valence-corrected chi connectivity index (χ0v) is 15.1. The number of amides is 1. The molecular weight excluding hydrogens is 347 g/mol. The van der Waals surface area contributed by atoms with Crippen LogP contribution in [0.3, 0.4) is 0 Å². The predicted octanol–water partition coefficient (Wildman–Crippen LogP) is 3.42. The number of nitrogens with two attached hydrogens (primary N) is 1. The smallest absolute Gasteiger partial charge is 0.237 e. The minimum Gasteiger partial charge on any atom is -0.375 e. The van der Waals surface area contributed by atoms with Gasteiger partial charge in [0.25, 0.3) is 0 Å². The fourth-order valence-corrected chi connectivity index (χ4v) is 2.16. The molecule has 0 saturated heterocycles. The molecule has 0 aromatic heterocycles. The van der Waals surface area contributed by atoms with Crippen molar-refractivity contribution in [2.75, 3.05) is 13.2 Å². The van der Waals surface area contributed by atoms with Gasteiger partial charge < -0.3 is 15.8 Å². The number of halogens is 3. The van der Waals surface area contributed by atoms with E-state index in [0.29, 0.717) is 29.8 Å². The Bertz CT molecular complexity index is 472. The Kier molecular flexibility index (Phi) is 10.8. The molecule has 2 atom stereocenters. The van der Waals surface area contributed by atoms with Crippen LogP contribution in [-0.4, -0.2) is 25.1 Å². The van der Waals surface area contributed by atoms with E-state index in [-0.39, 0.29) is 24.2 Å². The second-order valence-electron chi connectivity index (χ2n) is 4.99. The lowest BCUT2D eigenvalue weighted by molar-refractivity contribution is -0.123. The maximum Gasteiger partial charge on any atom is 0.237 e. The highest BCUT2D eigenvalue weighted by Crippen LogP contribution is 2.21. The quantitative estimate of drug-likeness (QED) is 0.690. The molecule has 0 saturated carbocycles. The minimum absolute atomic E-state index is 0. The van der Waals surface area contributed by atoms with Gasteiger partial charge in [-0.15, -0.1) is 12.4 Å². The van der Waals surface area contributed by atoms with E-state index in [1.807, 2.05) is 19.9 Å². The van der Waals surface area contributed by atoms with Gasteiger partial charge in [0.15, 0.2) is 0 Å². The molecule has 22 heavy (non-hydrogen) atoms. The molecule has 1 aromatic carbocycles. The summed E-state index contributed by atoms with van der Waals surface area (Å²) in [6, 6.07) is 4.79. The molecule has 0 spiro atoms. The number of rotatable bonds is 8. The van der Waals surface area contributed by atoms with Crippen LogP contribution in [0.15, 0.2) is 18.2 Å². The van der Waals surface area contributed by atoms with Crippen molar-refractivity contribution in [2.45, 2.75) is 32.9 Å². The summed E-state index contributed by atoms with van der Waals surface area (Å²) in [6.07, 6.45) is 0.875. The number of hydrogen-bond donors (Lipinski definition) is 2. The fourth-order valence-electron chi connectivity index (χ4n) is 1.70. The first-order valence-corrected chi connectivity index (χ1v) is 7.76.